The Bertz CT molecular complexity index is 882. The van der Waals surface area contributed by atoms with Crippen molar-refractivity contribution in [1.82, 2.24) is 10.2 Å². The minimum absolute atomic E-state index is 0. The Kier molecular flexibility index (Phi) is 16.3. The number of rotatable bonds is 13. The van der Waals surface area contributed by atoms with Crippen LogP contribution in [0.3, 0.4) is 0 Å². The Morgan fingerprint density at radius 2 is 1.82 bits per heavy atom. The zero-order chi connectivity index (χ0) is 23.5. The van der Waals surface area contributed by atoms with Crippen molar-refractivity contribution in [1.29, 1.82) is 0 Å². The lowest BCUT2D eigenvalue weighted by molar-refractivity contribution is -0.145. The molecule has 0 saturated heterocycles. The number of nitrogens with zero attached hydrogens (tertiary/aromatic N) is 1. The molecule has 0 unspecified atom stereocenters. The van der Waals surface area contributed by atoms with Gasteiger partial charge in [-0.05, 0) is 40.7 Å². The number of thioether (sulfide) groups is 1. The Balaban J connectivity index is 0.00000544. The average molecular weight is 533 g/mol. The molecule has 9 heteroatoms. The van der Waals surface area contributed by atoms with Gasteiger partial charge in [0.15, 0.2) is 0 Å². The summed E-state index contributed by atoms with van der Waals surface area (Å²) >= 11 is 1.63. The summed E-state index contributed by atoms with van der Waals surface area (Å²) in [7, 11) is 1.35. The summed E-state index contributed by atoms with van der Waals surface area (Å²) in [6.07, 6.45) is 3.49. The van der Waals surface area contributed by atoms with Gasteiger partial charge in [-0.15, -0.1) is 24.8 Å². The molecule has 6 nitrogen and oxygen atoms in total. The SMILES string of the molecule is CC[C@H](C)[C@H](N)CN(CC(=O)N[C@@H](CCSC)C(=O)OC)Cc1cccc2ccccc12.Cl.Cl. The third-order valence-electron chi connectivity index (χ3n) is 5.92. The van der Waals surface area contributed by atoms with Crippen LogP contribution >= 0.6 is 36.6 Å². The number of nitrogens with two attached hydrogens (primary N) is 1. The maximum atomic E-state index is 12.9. The first-order chi connectivity index (χ1) is 15.4. The minimum Gasteiger partial charge on any atom is -0.467 e. The molecule has 0 aliphatic rings. The molecule has 0 bridgehead atoms. The van der Waals surface area contributed by atoms with Crippen molar-refractivity contribution in [2.75, 3.05) is 32.2 Å². The second-order valence-corrected chi connectivity index (χ2v) is 9.27. The van der Waals surface area contributed by atoms with Crippen LogP contribution in [-0.2, 0) is 20.9 Å². The summed E-state index contributed by atoms with van der Waals surface area (Å²) in [5.74, 6) is 0.499. The fourth-order valence-electron chi connectivity index (χ4n) is 3.71. The molecule has 0 spiro atoms. The Morgan fingerprint density at radius 1 is 1.15 bits per heavy atom. The molecule has 0 aromatic heterocycles. The Labute approximate surface area is 220 Å². The molecule has 2 rings (SSSR count). The van der Waals surface area contributed by atoms with Crippen LogP contribution in [0.15, 0.2) is 42.5 Å². The largest absolute Gasteiger partial charge is 0.467 e. The van der Waals surface area contributed by atoms with Crippen LogP contribution < -0.4 is 11.1 Å². The van der Waals surface area contributed by atoms with Gasteiger partial charge in [-0.2, -0.15) is 11.8 Å². The molecule has 2 aromatic carbocycles. The molecule has 2 aromatic rings. The van der Waals surface area contributed by atoms with Crippen LogP contribution in [0, 0.1) is 5.92 Å². The lowest BCUT2D eigenvalue weighted by Crippen LogP contribution is -2.49. The summed E-state index contributed by atoms with van der Waals surface area (Å²) in [4.78, 5) is 27.1. The van der Waals surface area contributed by atoms with E-state index in [2.05, 4.69) is 48.3 Å². The first-order valence-corrected chi connectivity index (χ1v) is 12.6. The number of fused-ring (bicyclic) bond motifs is 1. The molecule has 3 N–H and O–H groups in total. The van der Waals surface area contributed by atoms with Gasteiger partial charge in [0.2, 0.25) is 5.91 Å². The molecule has 0 aliphatic carbocycles. The van der Waals surface area contributed by atoms with Crippen LogP contribution in [-0.4, -0.2) is 61.1 Å². The highest BCUT2D eigenvalue weighted by atomic mass is 35.5. The zero-order valence-electron chi connectivity index (χ0n) is 20.5. The summed E-state index contributed by atoms with van der Waals surface area (Å²) in [6.45, 7) is 5.63. The van der Waals surface area contributed by atoms with E-state index in [1.807, 2.05) is 24.5 Å². The number of nitrogens with one attached hydrogen (secondary N) is 1. The van der Waals surface area contributed by atoms with Crippen molar-refractivity contribution in [3.63, 3.8) is 0 Å². The number of carbonyl (C=O) groups is 2. The lowest BCUT2D eigenvalue weighted by atomic mass is 9.99. The van der Waals surface area contributed by atoms with E-state index in [9.17, 15) is 9.59 Å². The number of ether oxygens (including phenoxy) is 1. The topological polar surface area (TPSA) is 84.7 Å². The predicted octanol–water partition coefficient (Wildman–Crippen LogP) is 4.27. The zero-order valence-corrected chi connectivity index (χ0v) is 22.9. The number of carbonyl (C=O) groups excluding carboxylic acids is 2. The highest BCUT2D eigenvalue weighted by molar-refractivity contribution is 7.98. The van der Waals surface area contributed by atoms with Crippen molar-refractivity contribution in [3.05, 3.63) is 48.0 Å². The molecular weight excluding hydrogens is 493 g/mol. The summed E-state index contributed by atoms with van der Waals surface area (Å²) in [6, 6.07) is 13.8. The van der Waals surface area contributed by atoms with Gasteiger partial charge in [-0.3, -0.25) is 9.69 Å². The van der Waals surface area contributed by atoms with Crippen molar-refractivity contribution in [3.8, 4) is 0 Å². The summed E-state index contributed by atoms with van der Waals surface area (Å²) < 4.78 is 4.87. The molecule has 1 amide bonds. The third-order valence-corrected chi connectivity index (χ3v) is 6.56. The van der Waals surface area contributed by atoms with E-state index in [1.54, 1.807) is 11.8 Å². The number of hydrogen-bond donors (Lipinski definition) is 2. The summed E-state index contributed by atoms with van der Waals surface area (Å²) in [5.41, 5.74) is 7.61. The van der Waals surface area contributed by atoms with E-state index >= 15 is 0 Å². The van der Waals surface area contributed by atoms with Crippen molar-refractivity contribution in [2.24, 2.45) is 11.7 Å². The standard InChI is InChI=1S/C25H37N3O3S.2ClH/c1-5-18(2)22(26)16-28(15-20-11-8-10-19-9-6-7-12-21(19)20)17-24(29)27-23(13-14-32-4)25(30)31-3;;/h6-12,18,22-23H,5,13-17,26H2,1-4H3,(H,27,29);2*1H/t18-,22+,23-;;/m0../s1. The van der Waals surface area contributed by atoms with Gasteiger partial charge in [-0.1, -0.05) is 62.7 Å². The maximum Gasteiger partial charge on any atom is 0.328 e. The van der Waals surface area contributed by atoms with Gasteiger partial charge in [0, 0.05) is 19.1 Å². The fourth-order valence-corrected chi connectivity index (χ4v) is 4.18. The maximum absolute atomic E-state index is 12.9. The molecule has 192 valence electrons. The van der Waals surface area contributed by atoms with Crippen molar-refractivity contribution >= 4 is 59.2 Å². The number of amides is 1. The van der Waals surface area contributed by atoms with Crippen LogP contribution in [0.5, 0.6) is 0 Å². The molecule has 0 fully saturated rings. The number of benzene rings is 2. The average Bonchev–Trinajstić information content (AvgIpc) is 2.80. The normalized spacial score (nSPS) is 13.4. The number of hydrogen-bond acceptors (Lipinski definition) is 6. The van der Waals surface area contributed by atoms with E-state index in [4.69, 9.17) is 10.5 Å². The molecule has 34 heavy (non-hydrogen) atoms. The number of methoxy groups -OCH3 is 1. The molecule has 0 heterocycles. The van der Waals surface area contributed by atoms with Gasteiger partial charge in [-0.25, -0.2) is 4.79 Å². The third kappa shape index (κ3) is 10.0. The van der Waals surface area contributed by atoms with Crippen LogP contribution in [0.2, 0.25) is 0 Å². The van der Waals surface area contributed by atoms with Crippen molar-refractivity contribution in [2.45, 2.75) is 45.3 Å². The summed E-state index contributed by atoms with van der Waals surface area (Å²) in [5, 5.41) is 5.20. The molecule has 0 aliphatic heterocycles. The number of halogens is 2. The van der Waals surface area contributed by atoms with Gasteiger partial charge in [0.25, 0.3) is 0 Å². The van der Waals surface area contributed by atoms with E-state index in [0.717, 1.165) is 17.7 Å². The van der Waals surface area contributed by atoms with Crippen LogP contribution in [0.25, 0.3) is 10.8 Å². The molecular formula is C25H39Cl2N3O3S. The monoisotopic (exact) mass is 531 g/mol. The highest BCUT2D eigenvalue weighted by Gasteiger charge is 2.24. The lowest BCUT2D eigenvalue weighted by Gasteiger charge is -2.29. The smallest absolute Gasteiger partial charge is 0.328 e. The predicted molar refractivity (Wildman–Crippen MR) is 148 cm³/mol. The quantitative estimate of drug-likeness (QED) is 0.375. The van der Waals surface area contributed by atoms with Crippen LogP contribution in [0.1, 0.15) is 32.3 Å². The minimum atomic E-state index is -0.636. The van der Waals surface area contributed by atoms with Crippen molar-refractivity contribution < 1.29 is 14.3 Å². The van der Waals surface area contributed by atoms with Gasteiger partial charge in [0.1, 0.15) is 6.04 Å². The Hall–Kier alpha value is -1.51. The van der Waals surface area contributed by atoms with E-state index in [1.165, 1.54) is 17.9 Å². The Morgan fingerprint density at radius 3 is 2.47 bits per heavy atom. The van der Waals surface area contributed by atoms with E-state index < -0.39 is 12.0 Å². The van der Waals surface area contributed by atoms with Gasteiger partial charge >= 0.3 is 5.97 Å². The highest BCUT2D eigenvalue weighted by Crippen LogP contribution is 2.20. The number of esters is 1. The van der Waals surface area contributed by atoms with E-state index in [0.29, 0.717) is 25.4 Å². The van der Waals surface area contributed by atoms with Crippen LogP contribution in [0.4, 0.5) is 0 Å². The second-order valence-electron chi connectivity index (χ2n) is 8.28. The van der Waals surface area contributed by atoms with E-state index in [-0.39, 0.29) is 43.3 Å². The molecule has 0 radical (unpaired) electrons. The van der Waals surface area contributed by atoms with Gasteiger partial charge < -0.3 is 15.8 Å². The molecule has 0 saturated carbocycles. The molecule has 3 atom stereocenters. The second kappa shape index (κ2) is 17.0. The first-order valence-electron chi connectivity index (χ1n) is 11.2. The first kappa shape index (κ1) is 32.5. The van der Waals surface area contributed by atoms with Gasteiger partial charge in [0.05, 0.1) is 13.7 Å². The fraction of sp³-hybridized carbons (Fsp3) is 0.520.